The number of para-hydroxylation sites is 1. The maximum Gasteiger partial charge on any atom is 0.270 e. The van der Waals surface area contributed by atoms with E-state index in [0.29, 0.717) is 16.8 Å². The van der Waals surface area contributed by atoms with Gasteiger partial charge in [-0.3, -0.25) is 20.3 Å². The average molecular weight is 442 g/mol. The molecule has 4 N–H and O–H groups in total. The molecule has 0 bridgehead atoms. The number of nitrogens with zero attached hydrogens (tertiary/aromatic N) is 2. The van der Waals surface area contributed by atoms with Crippen LogP contribution >= 0.6 is 0 Å². The number of non-ortho nitro benzene ring substituents is 1. The summed E-state index contributed by atoms with van der Waals surface area (Å²) >= 11 is 0. The minimum absolute atomic E-state index is 0.00549. The van der Waals surface area contributed by atoms with Crippen molar-refractivity contribution >= 4 is 33.3 Å². The molecule has 0 unspecified atom stereocenters. The standard InChI is InChI=1S/C20H18N4O6S/c1-13-4-2-3-5-16(13)23-31(29,30)20-11-15(24(27)28)7-8-17(20)22-21-12-14-6-9-18(25)19(26)10-14/h2-12,22-23,25-26H,1H3/b21-12+. The molecule has 10 nitrogen and oxygen atoms in total. The molecular weight excluding hydrogens is 424 g/mol. The SMILES string of the molecule is Cc1ccccc1NS(=O)(=O)c1cc([N+](=O)[O-])ccc1N/N=C/c1ccc(O)c(O)c1. The van der Waals surface area contributed by atoms with E-state index in [-0.39, 0.29) is 22.1 Å². The largest absolute Gasteiger partial charge is 0.504 e. The van der Waals surface area contributed by atoms with Crippen molar-refractivity contribution < 1.29 is 23.6 Å². The number of phenols is 2. The first-order valence-electron chi connectivity index (χ1n) is 8.85. The van der Waals surface area contributed by atoms with Gasteiger partial charge in [-0.2, -0.15) is 5.10 Å². The summed E-state index contributed by atoms with van der Waals surface area (Å²) in [4.78, 5) is 10.1. The number of rotatable bonds is 7. The van der Waals surface area contributed by atoms with Crippen LogP contribution in [0.3, 0.4) is 0 Å². The topological polar surface area (TPSA) is 154 Å². The normalized spacial score (nSPS) is 11.4. The second kappa shape index (κ2) is 8.71. The number of nitro benzene ring substituents is 1. The van der Waals surface area contributed by atoms with Crippen molar-refractivity contribution in [1.82, 2.24) is 0 Å². The van der Waals surface area contributed by atoms with Gasteiger partial charge in [0, 0.05) is 12.1 Å². The number of hydrogen-bond acceptors (Lipinski definition) is 8. The Hall–Kier alpha value is -4.12. The van der Waals surface area contributed by atoms with E-state index >= 15 is 0 Å². The summed E-state index contributed by atoms with van der Waals surface area (Å²) < 4.78 is 28.4. The van der Waals surface area contributed by atoms with Gasteiger partial charge in [-0.25, -0.2) is 8.42 Å². The van der Waals surface area contributed by atoms with E-state index < -0.39 is 20.6 Å². The van der Waals surface area contributed by atoms with Gasteiger partial charge in [0.25, 0.3) is 15.7 Å². The lowest BCUT2D eigenvalue weighted by molar-refractivity contribution is -0.385. The van der Waals surface area contributed by atoms with Crippen LogP contribution < -0.4 is 10.1 Å². The van der Waals surface area contributed by atoms with Gasteiger partial charge in [-0.05, 0) is 48.4 Å². The first-order chi connectivity index (χ1) is 14.7. The number of hydrazone groups is 1. The summed E-state index contributed by atoms with van der Waals surface area (Å²) in [6.07, 6.45) is 1.28. The number of aromatic hydroxyl groups is 2. The smallest absolute Gasteiger partial charge is 0.270 e. The third-order valence-electron chi connectivity index (χ3n) is 4.25. The third-order valence-corrected chi connectivity index (χ3v) is 5.66. The molecule has 0 aliphatic rings. The van der Waals surface area contributed by atoms with Crippen molar-refractivity contribution in [3.05, 3.63) is 81.9 Å². The Morgan fingerprint density at radius 3 is 2.42 bits per heavy atom. The Morgan fingerprint density at radius 1 is 1.00 bits per heavy atom. The Balaban J connectivity index is 1.95. The number of aryl methyl sites for hydroxylation is 1. The maximum atomic E-state index is 13.0. The summed E-state index contributed by atoms with van der Waals surface area (Å²) in [6.45, 7) is 1.72. The Kier molecular flexibility index (Phi) is 6.07. The van der Waals surface area contributed by atoms with Crippen LogP contribution in [0.5, 0.6) is 11.5 Å². The van der Waals surface area contributed by atoms with Gasteiger partial charge in [-0.1, -0.05) is 18.2 Å². The summed E-state index contributed by atoms with van der Waals surface area (Å²) in [5.41, 5.74) is 3.59. The van der Waals surface area contributed by atoms with Gasteiger partial charge < -0.3 is 10.2 Å². The fourth-order valence-electron chi connectivity index (χ4n) is 2.62. The van der Waals surface area contributed by atoms with E-state index in [1.165, 1.54) is 30.5 Å². The molecule has 0 radical (unpaired) electrons. The third kappa shape index (κ3) is 5.08. The number of hydrogen-bond donors (Lipinski definition) is 4. The summed E-state index contributed by atoms with van der Waals surface area (Å²) in [6, 6.07) is 14.0. The van der Waals surface area contributed by atoms with E-state index in [4.69, 9.17) is 0 Å². The predicted octanol–water partition coefficient (Wildman–Crippen LogP) is 3.56. The molecule has 0 atom stereocenters. The van der Waals surface area contributed by atoms with Gasteiger partial charge in [-0.15, -0.1) is 0 Å². The predicted molar refractivity (Wildman–Crippen MR) is 116 cm³/mol. The molecule has 3 rings (SSSR count). The zero-order valence-electron chi connectivity index (χ0n) is 16.2. The van der Waals surface area contributed by atoms with Crippen molar-refractivity contribution in [3.8, 4) is 11.5 Å². The van der Waals surface area contributed by atoms with Gasteiger partial charge >= 0.3 is 0 Å². The van der Waals surface area contributed by atoms with Crippen LogP contribution in [0.2, 0.25) is 0 Å². The Labute approximate surface area is 177 Å². The number of anilines is 2. The van der Waals surface area contributed by atoms with E-state index in [1.807, 2.05) is 0 Å². The highest BCUT2D eigenvalue weighted by atomic mass is 32.2. The molecule has 0 aromatic heterocycles. The quantitative estimate of drug-likeness (QED) is 0.189. The zero-order chi connectivity index (χ0) is 22.6. The van der Waals surface area contributed by atoms with Crippen LogP contribution in [0, 0.1) is 17.0 Å². The number of benzene rings is 3. The lowest BCUT2D eigenvalue weighted by Gasteiger charge is -2.13. The number of nitro groups is 1. The van der Waals surface area contributed by atoms with Gasteiger partial charge in [0.05, 0.1) is 22.5 Å². The highest BCUT2D eigenvalue weighted by molar-refractivity contribution is 7.92. The molecule has 11 heteroatoms. The number of phenolic OH excluding ortho intramolecular Hbond substituents is 2. The van der Waals surface area contributed by atoms with Crippen LogP contribution in [0.15, 0.2) is 70.7 Å². The second-order valence-corrected chi connectivity index (χ2v) is 8.13. The lowest BCUT2D eigenvalue weighted by Crippen LogP contribution is -2.15. The zero-order valence-corrected chi connectivity index (χ0v) is 17.0. The van der Waals surface area contributed by atoms with Gasteiger partial charge in [0.1, 0.15) is 4.90 Å². The van der Waals surface area contributed by atoms with Crippen LogP contribution in [0.4, 0.5) is 17.1 Å². The molecule has 0 heterocycles. The van der Waals surface area contributed by atoms with Crippen molar-refractivity contribution in [3.63, 3.8) is 0 Å². The molecule has 160 valence electrons. The Bertz CT molecular complexity index is 1270. The van der Waals surface area contributed by atoms with E-state index in [2.05, 4.69) is 15.2 Å². The maximum absolute atomic E-state index is 13.0. The molecule has 0 fully saturated rings. The van der Waals surface area contributed by atoms with Crippen molar-refractivity contribution in [1.29, 1.82) is 0 Å². The molecule has 0 aliphatic heterocycles. The monoisotopic (exact) mass is 442 g/mol. The Morgan fingerprint density at radius 2 is 1.74 bits per heavy atom. The lowest BCUT2D eigenvalue weighted by atomic mass is 10.2. The highest BCUT2D eigenvalue weighted by Crippen LogP contribution is 2.29. The second-order valence-electron chi connectivity index (χ2n) is 6.48. The summed E-state index contributed by atoms with van der Waals surface area (Å²) in [5.74, 6) is -0.638. The molecule has 0 spiro atoms. The fourth-order valence-corrected chi connectivity index (χ4v) is 3.93. The molecular formula is C20H18N4O6S. The average Bonchev–Trinajstić information content (AvgIpc) is 2.72. The van der Waals surface area contributed by atoms with Crippen LogP contribution in [-0.2, 0) is 10.0 Å². The molecule has 3 aromatic carbocycles. The van der Waals surface area contributed by atoms with Crippen molar-refractivity contribution in [2.24, 2.45) is 5.10 Å². The molecule has 0 aliphatic carbocycles. The molecule has 31 heavy (non-hydrogen) atoms. The minimum atomic E-state index is -4.19. The molecule has 0 saturated carbocycles. The fraction of sp³-hybridized carbons (Fsp3) is 0.0500. The number of nitrogens with one attached hydrogen (secondary N) is 2. The van der Waals surface area contributed by atoms with Crippen LogP contribution in [0.25, 0.3) is 0 Å². The van der Waals surface area contributed by atoms with E-state index in [9.17, 15) is 28.7 Å². The van der Waals surface area contributed by atoms with Crippen LogP contribution in [-0.4, -0.2) is 29.8 Å². The highest BCUT2D eigenvalue weighted by Gasteiger charge is 2.23. The van der Waals surface area contributed by atoms with Crippen LogP contribution in [0.1, 0.15) is 11.1 Å². The van der Waals surface area contributed by atoms with Crippen molar-refractivity contribution in [2.45, 2.75) is 11.8 Å². The van der Waals surface area contributed by atoms with E-state index in [1.54, 1.807) is 31.2 Å². The summed E-state index contributed by atoms with van der Waals surface area (Å²) in [5, 5.41) is 34.0. The first-order valence-corrected chi connectivity index (χ1v) is 10.3. The van der Waals surface area contributed by atoms with E-state index in [0.717, 1.165) is 12.1 Å². The van der Waals surface area contributed by atoms with Gasteiger partial charge in [0.15, 0.2) is 11.5 Å². The first kappa shape index (κ1) is 21.6. The van der Waals surface area contributed by atoms with Gasteiger partial charge in [0.2, 0.25) is 0 Å². The summed E-state index contributed by atoms with van der Waals surface area (Å²) in [7, 11) is -4.19. The molecule has 0 amide bonds. The molecule has 3 aromatic rings. The van der Waals surface area contributed by atoms with Crippen molar-refractivity contribution in [2.75, 3.05) is 10.1 Å². The minimum Gasteiger partial charge on any atom is -0.504 e. The number of sulfonamides is 1. The molecule has 0 saturated heterocycles.